The molecule has 0 rings (SSSR count). The maximum Gasteiger partial charge on any atom is 0.0572 e. The third-order valence-electron chi connectivity index (χ3n) is 3.55. The minimum absolute atomic E-state index is 0.498. The highest BCUT2D eigenvalue weighted by atomic mass is 16.5. The molecule has 0 radical (unpaired) electrons. The molecule has 0 spiro atoms. The van der Waals surface area contributed by atoms with Crippen LogP contribution < -0.4 is 0 Å². The van der Waals surface area contributed by atoms with Crippen molar-refractivity contribution in [2.75, 3.05) is 6.61 Å². The molecule has 0 aliphatic carbocycles. The fourth-order valence-electron chi connectivity index (χ4n) is 2.25. The summed E-state index contributed by atoms with van der Waals surface area (Å²) in [6.45, 7) is 7.61. The van der Waals surface area contributed by atoms with Crippen LogP contribution in [0.1, 0.15) is 91.4 Å². The number of ether oxygens (including phenoxy) is 1. The van der Waals surface area contributed by atoms with Gasteiger partial charge in [0.05, 0.1) is 6.10 Å². The molecule has 0 heterocycles. The second-order valence-electron chi connectivity index (χ2n) is 5.51. The van der Waals surface area contributed by atoms with Crippen LogP contribution in [0.25, 0.3) is 0 Å². The van der Waals surface area contributed by atoms with Crippen molar-refractivity contribution in [3.05, 3.63) is 12.2 Å². The van der Waals surface area contributed by atoms with Crippen LogP contribution in [-0.2, 0) is 4.74 Å². The van der Waals surface area contributed by atoms with Gasteiger partial charge in [0.15, 0.2) is 0 Å². The first-order valence-electron chi connectivity index (χ1n) is 8.61. The predicted octanol–water partition coefficient (Wildman–Crippen LogP) is 6.28. The Morgan fingerprint density at radius 2 is 1.47 bits per heavy atom. The molecule has 0 aliphatic rings. The average molecular weight is 268 g/mol. The minimum Gasteiger partial charge on any atom is -0.378 e. The van der Waals surface area contributed by atoms with Gasteiger partial charge in [-0.25, -0.2) is 0 Å². The van der Waals surface area contributed by atoms with Crippen LogP contribution in [0.3, 0.4) is 0 Å². The number of unbranched alkanes of at least 4 members (excludes halogenated alkanes) is 6. The molecular weight excluding hydrogens is 232 g/mol. The van der Waals surface area contributed by atoms with Crippen molar-refractivity contribution < 1.29 is 4.74 Å². The summed E-state index contributed by atoms with van der Waals surface area (Å²) in [5.41, 5.74) is 0. The molecule has 1 heteroatoms. The Morgan fingerprint density at radius 3 is 2.05 bits per heavy atom. The molecule has 0 fully saturated rings. The maximum absolute atomic E-state index is 5.81. The minimum atomic E-state index is 0.498. The highest BCUT2D eigenvalue weighted by molar-refractivity contribution is 4.81. The fraction of sp³-hybridized carbons (Fsp3) is 0.889. The molecule has 0 aliphatic heterocycles. The monoisotopic (exact) mass is 268 g/mol. The summed E-state index contributed by atoms with van der Waals surface area (Å²) < 4.78 is 5.81. The van der Waals surface area contributed by atoms with E-state index in [4.69, 9.17) is 4.74 Å². The van der Waals surface area contributed by atoms with Crippen molar-refractivity contribution >= 4 is 0 Å². The molecular formula is C18H36O. The third-order valence-corrected chi connectivity index (χ3v) is 3.55. The van der Waals surface area contributed by atoms with Crippen molar-refractivity contribution in [2.24, 2.45) is 0 Å². The summed E-state index contributed by atoms with van der Waals surface area (Å²) in [5.74, 6) is 0. The zero-order valence-electron chi connectivity index (χ0n) is 13.6. The first-order valence-corrected chi connectivity index (χ1v) is 8.61. The Morgan fingerprint density at radius 1 is 0.789 bits per heavy atom. The predicted molar refractivity (Wildman–Crippen MR) is 86.7 cm³/mol. The van der Waals surface area contributed by atoms with Crippen LogP contribution in [-0.4, -0.2) is 12.7 Å². The number of rotatable bonds is 14. The van der Waals surface area contributed by atoms with Gasteiger partial charge in [0, 0.05) is 6.61 Å². The smallest absolute Gasteiger partial charge is 0.0572 e. The molecule has 1 nitrogen and oxygen atoms in total. The van der Waals surface area contributed by atoms with Crippen LogP contribution >= 0.6 is 0 Å². The standard InChI is InChI=1S/C18H36O/c1-4-7-8-9-10-11-12-13-14-15-16-18(6-3)19-17-5-2/h11-12,18H,4-10,13-17H2,1-3H3/b12-11-. The third kappa shape index (κ3) is 13.9. The Hall–Kier alpha value is -0.300. The van der Waals surface area contributed by atoms with Gasteiger partial charge in [-0.15, -0.1) is 0 Å². The molecule has 0 aromatic rings. The second-order valence-corrected chi connectivity index (χ2v) is 5.51. The maximum atomic E-state index is 5.81. The SMILES string of the molecule is CCCCCC/C=C\CCCCC(CC)OCCC. The van der Waals surface area contributed by atoms with E-state index >= 15 is 0 Å². The summed E-state index contributed by atoms with van der Waals surface area (Å²) in [7, 11) is 0. The summed E-state index contributed by atoms with van der Waals surface area (Å²) in [6, 6.07) is 0. The van der Waals surface area contributed by atoms with Gasteiger partial charge in [-0.3, -0.25) is 0 Å². The van der Waals surface area contributed by atoms with Crippen molar-refractivity contribution in [3.8, 4) is 0 Å². The zero-order chi connectivity index (χ0) is 14.2. The number of hydrogen-bond donors (Lipinski definition) is 0. The van der Waals surface area contributed by atoms with E-state index in [1.165, 1.54) is 57.8 Å². The normalized spacial score (nSPS) is 13.2. The van der Waals surface area contributed by atoms with Crippen molar-refractivity contribution in [2.45, 2.75) is 97.5 Å². The number of hydrogen-bond acceptors (Lipinski definition) is 1. The molecule has 0 amide bonds. The molecule has 1 atom stereocenters. The van der Waals surface area contributed by atoms with E-state index in [0.29, 0.717) is 6.10 Å². The molecule has 0 aromatic heterocycles. The average Bonchev–Trinajstić information content (AvgIpc) is 2.44. The summed E-state index contributed by atoms with van der Waals surface area (Å²) >= 11 is 0. The lowest BCUT2D eigenvalue weighted by atomic mass is 10.1. The van der Waals surface area contributed by atoms with Gasteiger partial charge in [-0.2, -0.15) is 0 Å². The molecule has 0 aromatic carbocycles. The molecule has 114 valence electrons. The van der Waals surface area contributed by atoms with Crippen LogP contribution in [0, 0.1) is 0 Å². The van der Waals surface area contributed by atoms with Gasteiger partial charge in [-0.05, 0) is 44.9 Å². The van der Waals surface area contributed by atoms with E-state index in [0.717, 1.165) is 19.4 Å². The summed E-state index contributed by atoms with van der Waals surface area (Å²) in [6.07, 6.45) is 19.4. The van der Waals surface area contributed by atoms with Gasteiger partial charge in [0.2, 0.25) is 0 Å². The van der Waals surface area contributed by atoms with Crippen LogP contribution in [0.15, 0.2) is 12.2 Å². The Kier molecular flexibility index (Phi) is 15.5. The van der Waals surface area contributed by atoms with Crippen LogP contribution in [0.5, 0.6) is 0 Å². The second kappa shape index (κ2) is 15.8. The first-order chi connectivity index (χ1) is 9.35. The van der Waals surface area contributed by atoms with Crippen LogP contribution in [0.4, 0.5) is 0 Å². The Balaban J connectivity index is 3.30. The van der Waals surface area contributed by atoms with E-state index in [1.807, 2.05) is 0 Å². The largest absolute Gasteiger partial charge is 0.378 e. The number of allylic oxidation sites excluding steroid dienone is 2. The Bertz CT molecular complexity index is 186. The van der Waals surface area contributed by atoms with Gasteiger partial charge in [0.25, 0.3) is 0 Å². The fourth-order valence-corrected chi connectivity index (χ4v) is 2.25. The molecule has 1 unspecified atom stereocenters. The van der Waals surface area contributed by atoms with Crippen molar-refractivity contribution in [3.63, 3.8) is 0 Å². The van der Waals surface area contributed by atoms with Gasteiger partial charge < -0.3 is 4.74 Å². The summed E-state index contributed by atoms with van der Waals surface area (Å²) in [5, 5.41) is 0. The van der Waals surface area contributed by atoms with Crippen LogP contribution in [0.2, 0.25) is 0 Å². The molecule has 0 saturated carbocycles. The van der Waals surface area contributed by atoms with Gasteiger partial charge in [-0.1, -0.05) is 58.6 Å². The van der Waals surface area contributed by atoms with Crippen molar-refractivity contribution in [1.29, 1.82) is 0 Å². The molecule has 0 N–H and O–H groups in total. The lowest BCUT2D eigenvalue weighted by molar-refractivity contribution is 0.0437. The topological polar surface area (TPSA) is 9.23 Å². The van der Waals surface area contributed by atoms with E-state index < -0.39 is 0 Å². The van der Waals surface area contributed by atoms with Gasteiger partial charge in [0.1, 0.15) is 0 Å². The summed E-state index contributed by atoms with van der Waals surface area (Å²) in [4.78, 5) is 0. The van der Waals surface area contributed by atoms with E-state index in [1.54, 1.807) is 0 Å². The van der Waals surface area contributed by atoms with E-state index in [9.17, 15) is 0 Å². The molecule has 0 saturated heterocycles. The zero-order valence-corrected chi connectivity index (χ0v) is 13.6. The van der Waals surface area contributed by atoms with Crippen molar-refractivity contribution in [1.82, 2.24) is 0 Å². The molecule has 0 bridgehead atoms. The molecule has 19 heavy (non-hydrogen) atoms. The lowest BCUT2D eigenvalue weighted by Crippen LogP contribution is -2.12. The quantitative estimate of drug-likeness (QED) is 0.266. The van der Waals surface area contributed by atoms with Gasteiger partial charge >= 0.3 is 0 Å². The first kappa shape index (κ1) is 18.7. The highest BCUT2D eigenvalue weighted by Gasteiger charge is 2.04. The van der Waals surface area contributed by atoms with E-state index in [-0.39, 0.29) is 0 Å². The highest BCUT2D eigenvalue weighted by Crippen LogP contribution is 2.11. The Labute approximate surface area is 121 Å². The van der Waals surface area contributed by atoms with E-state index in [2.05, 4.69) is 32.9 Å². The lowest BCUT2D eigenvalue weighted by Gasteiger charge is -2.15.